The van der Waals surface area contributed by atoms with Crippen LogP contribution < -0.4 is 4.18 Å². The van der Waals surface area contributed by atoms with E-state index in [1.807, 2.05) is 0 Å². The smallest absolute Gasteiger partial charge is 0.339 e. The fourth-order valence-corrected chi connectivity index (χ4v) is 8.18. The van der Waals surface area contributed by atoms with E-state index in [0.29, 0.717) is 60.6 Å². The number of halogens is 3. The summed E-state index contributed by atoms with van der Waals surface area (Å²) < 4.78 is 36.8. The summed E-state index contributed by atoms with van der Waals surface area (Å²) >= 11 is 19.2. The first-order valence-electron chi connectivity index (χ1n) is 14.0. The molecule has 2 aromatic rings. The van der Waals surface area contributed by atoms with Gasteiger partial charge in [0.25, 0.3) is 0 Å². The molecule has 0 atom stereocenters. The van der Waals surface area contributed by atoms with Crippen molar-refractivity contribution in [2.75, 3.05) is 20.3 Å². The Morgan fingerprint density at radius 3 is 1.79 bits per heavy atom. The summed E-state index contributed by atoms with van der Waals surface area (Å²) in [6.45, 7) is 9.20. The molecular weight excluding hydrogens is 633 g/mol. The molecule has 0 unspecified atom stereocenters. The van der Waals surface area contributed by atoms with Crippen LogP contribution in [0.4, 0.5) is 0 Å². The molecule has 2 aliphatic carbocycles. The Balaban J connectivity index is 1.66. The first kappa shape index (κ1) is 32.0. The number of ether oxygens (including phenoxy) is 1. The highest BCUT2D eigenvalue weighted by molar-refractivity contribution is 7.87. The minimum absolute atomic E-state index is 0.0410. The molecule has 0 radical (unpaired) electrons. The average Bonchev–Trinajstić information content (AvgIpc) is 2.88. The quantitative estimate of drug-likeness (QED) is 0.279. The summed E-state index contributed by atoms with van der Waals surface area (Å²) in [6.07, 6.45) is 1.93. The molecule has 7 nitrogen and oxygen atoms in total. The molecule has 0 N–H and O–H groups in total. The largest absolute Gasteiger partial charge is 0.383 e. The molecule has 0 fully saturated rings. The lowest BCUT2D eigenvalue weighted by molar-refractivity contribution is -0.119. The molecule has 5 rings (SSSR count). The fraction of sp³-hybridized carbons (Fsp3) is 0.438. The maximum Gasteiger partial charge on any atom is 0.339 e. The number of nitrogens with zero attached hydrogens (tertiary/aromatic N) is 1. The third-order valence-corrected chi connectivity index (χ3v) is 10.2. The van der Waals surface area contributed by atoms with Gasteiger partial charge < -0.3 is 13.8 Å². The predicted octanol–water partition coefficient (Wildman–Crippen LogP) is 7.75. The van der Waals surface area contributed by atoms with Crippen LogP contribution in [0.3, 0.4) is 0 Å². The summed E-state index contributed by atoms with van der Waals surface area (Å²) in [6, 6.07) is 8.60. The van der Waals surface area contributed by atoms with Crippen molar-refractivity contribution in [1.29, 1.82) is 0 Å². The van der Waals surface area contributed by atoms with Crippen molar-refractivity contribution in [3.05, 3.63) is 79.6 Å². The van der Waals surface area contributed by atoms with Crippen molar-refractivity contribution < 1.29 is 26.9 Å². The fourth-order valence-electron chi connectivity index (χ4n) is 6.42. The molecule has 1 aliphatic heterocycles. The minimum Gasteiger partial charge on any atom is -0.383 e. The molecule has 3 aliphatic rings. The molecule has 2 aromatic carbocycles. The Kier molecular flexibility index (Phi) is 8.59. The van der Waals surface area contributed by atoms with Crippen LogP contribution in [-0.4, -0.2) is 45.1 Å². The Bertz CT molecular complexity index is 1600. The average molecular weight is 667 g/mol. The van der Waals surface area contributed by atoms with Crippen molar-refractivity contribution in [3.8, 4) is 5.75 Å². The van der Waals surface area contributed by atoms with Crippen LogP contribution in [0.1, 0.15) is 64.9 Å². The minimum atomic E-state index is -4.28. The maximum atomic E-state index is 13.9. The number of methoxy groups -OCH3 is 1. The van der Waals surface area contributed by atoms with Crippen LogP contribution in [-0.2, 0) is 24.4 Å². The molecular formula is C32H34Cl3NO6S. The lowest BCUT2D eigenvalue weighted by atomic mass is 9.63. The number of benzene rings is 2. The number of Topliss-reactive ketones (excluding diaryl/α,β-unsaturated/α-hetero) is 2. The SMILES string of the molecule is COCCN1C2=C(C(=O)CC(C)(C)C2)C(c2cc(Cl)c(OS(=O)(=O)c3ccc(Cl)cc3)c(Cl)c2)C2=C1CC(C)(C)CC2=O. The lowest BCUT2D eigenvalue weighted by Gasteiger charge is -2.49. The first-order chi connectivity index (χ1) is 20.0. The van der Waals surface area contributed by atoms with Gasteiger partial charge in [0.2, 0.25) is 0 Å². The van der Waals surface area contributed by atoms with Gasteiger partial charge in [0.15, 0.2) is 17.3 Å². The van der Waals surface area contributed by atoms with Gasteiger partial charge in [-0.15, -0.1) is 0 Å². The summed E-state index contributed by atoms with van der Waals surface area (Å²) in [5, 5.41) is 0.257. The monoisotopic (exact) mass is 665 g/mol. The molecule has 11 heteroatoms. The van der Waals surface area contributed by atoms with Crippen LogP contribution in [0, 0.1) is 10.8 Å². The molecule has 0 aromatic heterocycles. The number of hydrogen-bond acceptors (Lipinski definition) is 7. The van der Waals surface area contributed by atoms with Gasteiger partial charge in [0, 0.05) is 60.0 Å². The predicted molar refractivity (Wildman–Crippen MR) is 167 cm³/mol. The molecule has 0 saturated carbocycles. The third-order valence-electron chi connectivity index (χ3n) is 8.19. The van der Waals surface area contributed by atoms with Crippen molar-refractivity contribution in [2.24, 2.45) is 10.8 Å². The number of carbonyl (C=O) groups is 2. The van der Waals surface area contributed by atoms with Crippen molar-refractivity contribution in [3.63, 3.8) is 0 Å². The van der Waals surface area contributed by atoms with E-state index in [2.05, 4.69) is 32.6 Å². The number of carbonyl (C=O) groups excluding carboxylic acids is 2. The second kappa shape index (κ2) is 11.5. The van der Waals surface area contributed by atoms with Gasteiger partial charge in [-0.1, -0.05) is 62.5 Å². The number of rotatable bonds is 7. The topological polar surface area (TPSA) is 90.0 Å². The summed E-state index contributed by atoms with van der Waals surface area (Å²) in [7, 11) is -2.65. The lowest BCUT2D eigenvalue weighted by Crippen LogP contribution is -2.45. The number of allylic oxidation sites excluding steroid dienone is 4. The van der Waals surface area contributed by atoms with Crippen LogP contribution in [0.25, 0.3) is 0 Å². The van der Waals surface area contributed by atoms with Gasteiger partial charge >= 0.3 is 10.1 Å². The first-order valence-corrected chi connectivity index (χ1v) is 16.6. The van der Waals surface area contributed by atoms with E-state index < -0.39 is 16.0 Å². The van der Waals surface area contributed by atoms with Gasteiger partial charge in [0.1, 0.15) is 4.90 Å². The van der Waals surface area contributed by atoms with E-state index in [1.54, 1.807) is 19.2 Å². The zero-order valence-corrected chi connectivity index (χ0v) is 27.8. The van der Waals surface area contributed by atoms with E-state index >= 15 is 0 Å². The summed E-state index contributed by atoms with van der Waals surface area (Å²) in [5.74, 6) is -1.02. The van der Waals surface area contributed by atoms with E-state index in [0.717, 1.165) is 11.4 Å². The highest BCUT2D eigenvalue weighted by Gasteiger charge is 2.49. The van der Waals surface area contributed by atoms with Crippen molar-refractivity contribution in [2.45, 2.75) is 64.2 Å². The zero-order valence-electron chi connectivity index (χ0n) is 24.7. The standard InChI is InChI=1S/C32H34Cl3NO6S/c1-31(2)14-23-28(25(37)16-31)27(29-24(36(23)10-11-41-5)15-32(3,4)17-26(29)38)18-12-21(34)30(22(35)13-18)42-43(39,40)20-8-6-19(33)7-9-20/h6-9,12-13,27H,10-11,14-17H2,1-5H3. The zero-order chi connectivity index (χ0) is 31.5. The molecule has 0 bridgehead atoms. The third kappa shape index (κ3) is 6.27. The maximum absolute atomic E-state index is 13.9. The van der Waals surface area contributed by atoms with Gasteiger partial charge in [-0.05, 0) is 65.6 Å². The Labute approximate surface area is 267 Å². The van der Waals surface area contributed by atoms with Crippen LogP contribution in [0.2, 0.25) is 15.1 Å². The van der Waals surface area contributed by atoms with E-state index in [4.69, 9.17) is 43.7 Å². The number of ketones is 2. The van der Waals surface area contributed by atoms with E-state index in [9.17, 15) is 18.0 Å². The normalized spacial score (nSPS) is 20.3. The second-order valence-corrected chi connectivity index (χ2v) is 15.8. The molecule has 0 spiro atoms. The molecule has 0 amide bonds. The van der Waals surface area contributed by atoms with Crippen LogP contribution in [0.15, 0.2) is 63.8 Å². The Hall–Kier alpha value is -2.36. The van der Waals surface area contributed by atoms with E-state index in [-0.39, 0.29) is 43.1 Å². The number of hydrogen-bond donors (Lipinski definition) is 0. The highest BCUT2D eigenvalue weighted by Crippen LogP contribution is 2.55. The Morgan fingerprint density at radius 1 is 0.837 bits per heavy atom. The van der Waals surface area contributed by atoms with Crippen molar-refractivity contribution in [1.82, 2.24) is 4.90 Å². The van der Waals surface area contributed by atoms with Crippen LogP contribution >= 0.6 is 34.8 Å². The second-order valence-electron chi connectivity index (χ2n) is 13.0. The molecule has 43 heavy (non-hydrogen) atoms. The van der Waals surface area contributed by atoms with Gasteiger partial charge in [-0.25, -0.2) is 0 Å². The van der Waals surface area contributed by atoms with E-state index in [1.165, 1.54) is 24.3 Å². The Morgan fingerprint density at radius 2 is 1.33 bits per heavy atom. The van der Waals surface area contributed by atoms with Crippen LogP contribution in [0.5, 0.6) is 5.75 Å². The summed E-state index contributed by atoms with van der Waals surface area (Å²) in [4.78, 5) is 29.9. The van der Waals surface area contributed by atoms with Gasteiger partial charge in [-0.3, -0.25) is 9.59 Å². The molecule has 0 saturated heterocycles. The molecule has 230 valence electrons. The summed E-state index contributed by atoms with van der Waals surface area (Å²) in [5.41, 5.74) is 2.84. The van der Waals surface area contributed by atoms with Crippen molar-refractivity contribution >= 4 is 56.5 Å². The van der Waals surface area contributed by atoms with Gasteiger partial charge in [-0.2, -0.15) is 8.42 Å². The highest BCUT2D eigenvalue weighted by atomic mass is 35.5. The molecule has 1 heterocycles. The van der Waals surface area contributed by atoms with Gasteiger partial charge in [0.05, 0.1) is 16.7 Å².